The lowest BCUT2D eigenvalue weighted by Gasteiger charge is -2.03. The number of rotatable bonds is 6. The molecule has 132 valence electrons. The van der Waals surface area contributed by atoms with Crippen LogP contribution in [0.5, 0.6) is 0 Å². The van der Waals surface area contributed by atoms with Crippen LogP contribution in [0.3, 0.4) is 0 Å². The van der Waals surface area contributed by atoms with E-state index in [0.717, 1.165) is 0 Å². The van der Waals surface area contributed by atoms with Crippen LogP contribution in [0.1, 0.15) is 21.8 Å². The summed E-state index contributed by atoms with van der Waals surface area (Å²) in [6.45, 7) is -0.174. The molecule has 0 bridgehead atoms. The zero-order chi connectivity index (χ0) is 18.5. The molecule has 0 saturated carbocycles. The maximum absolute atomic E-state index is 12.9. The second-order valence-corrected chi connectivity index (χ2v) is 5.41. The van der Waals surface area contributed by atoms with Crippen molar-refractivity contribution in [2.75, 3.05) is 0 Å². The zero-order valence-corrected chi connectivity index (χ0v) is 13.5. The third-order valence-corrected chi connectivity index (χ3v) is 3.50. The minimum atomic E-state index is -0.535. The Kier molecular flexibility index (Phi) is 5.02. The molecule has 0 atom stereocenters. The van der Waals surface area contributed by atoms with Crippen LogP contribution in [0.15, 0.2) is 52.9 Å². The second kappa shape index (κ2) is 7.56. The van der Waals surface area contributed by atoms with Crippen LogP contribution in [-0.2, 0) is 22.6 Å². The van der Waals surface area contributed by atoms with Crippen LogP contribution in [0.25, 0.3) is 11.5 Å². The van der Waals surface area contributed by atoms with E-state index in [2.05, 4.69) is 10.2 Å². The summed E-state index contributed by atoms with van der Waals surface area (Å²) >= 11 is 0. The lowest BCUT2D eigenvalue weighted by Crippen LogP contribution is -2.11. The molecule has 0 aliphatic carbocycles. The zero-order valence-electron chi connectivity index (χ0n) is 13.5. The lowest BCUT2D eigenvalue weighted by molar-refractivity contribution is -0.144. The summed E-state index contributed by atoms with van der Waals surface area (Å²) in [4.78, 5) is 22.9. The Balaban J connectivity index is 1.54. The summed E-state index contributed by atoms with van der Waals surface area (Å²) in [6.07, 6.45) is 0.0258. The van der Waals surface area contributed by atoms with Gasteiger partial charge in [-0.15, -0.1) is 10.2 Å². The molecule has 0 saturated heterocycles. The molecule has 0 unspecified atom stereocenters. The highest BCUT2D eigenvalue weighted by atomic mass is 19.1. The molecular formula is C18H14FN3O4. The number of hydrogen-bond donors (Lipinski definition) is 1. The normalized spacial score (nSPS) is 10.5. The molecule has 26 heavy (non-hydrogen) atoms. The fraction of sp³-hybridized carbons (Fsp3) is 0.111. The van der Waals surface area contributed by atoms with Gasteiger partial charge in [0.1, 0.15) is 5.82 Å². The molecule has 2 N–H and O–H groups in total. The maximum atomic E-state index is 12.9. The van der Waals surface area contributed by atoms with Crippen LogP contribution in [0, 0.1) is 5.82 Å². The van der Waals surface area contributed by atoms with Crippen molar-refractivity contribution >= 4 is 11.9 Å². The third-order valence-electron chi connectivity index (χ3n) is 3.50. The van der Waals surface area contributed by atoms with Crippen LogP contribution in [0.4, 0.5) is 4.39 Å². The predicted octanol–water partition coefficient (Wildman–Crippen LogP) is 2.26. The standard InChI is InChI=1S/C18H14FN3O4/c19-14-7-5-13(6-8-14)18-22-21-15(26-18)10-25-16(23)9-11-1-3-12(4-2-11)17(20)24/h1-8H,9-10H2,(H2,20,24). The molecule has 2 aromatic carbocycles. The Morgan fingerprint density at radius 1 is 1.04 bits per heavy atom. The molecule has 0 aliphatic rings. The van der Waals surface area contributed by atoms with Crippen molar-refractivity contribution in [3.05, 3.63) is 71.4 Å². The summed E-state index contributed by atoms with van der Waals surface area (Å²) in [5, 5.41) is 7.62. The molecule has 0 spiro atoms. The van der Waals surface area contributed by atoms with E-state index in [-0.39, 0.29) is 30.6 Å². The number of hydrogen-bond acceptors (Lipinski definition) is 6. The fourth-order valence-corrected chi connectivity index (χ4v) is 2.17. The molecule has 1 amide bonds. The minimum Gasteiger partial charge on any atom is -0.455 e. The minimum absolute atomic E-state index is 0.0258. The van der Waals surface area contributed by atoms with E-state index in [4.69, 9.17) is 14.9 Å². The highest BCUT2D eigenvalue weighted by Gasteiger charge is 2.12. The topological polar surface area (TPSA) is 108 Å². The molecule has 1 aromatic heterocycles. The van der Waals surface area contributed by atoms with E-state index in [9.17, 15) is 14.0 Å². The summed E-state index contributed by atoms with van der Waals surface area (Å²) in [7, 11) is 0. The first-order chi connectivity index (χ1) is 12.5. The highest BCUT2D eigenvalue weighted by molar-refractivity contribution is 5.92. The number of halogens is 1. The number of carbonyl (C=O) groups is 2. The lowest BCUT2D eigenvalue weighted by atomic mass is 10.1. The van der Waals surface area contributed by atoms with Gasteiger partial charge in [-0.25, -0.2) is 4.39 Å². The second-order valence-electron chi connectivity index (χ2n) is 5.41. The molecule has 1 heterocycles. The number of nitrogens with zero attached hydrogens (tertiary/aromatic N) is 2. The van der Waals surface area contributed by atoms with Gasteiger partial charge in [0.25, 0.3) is 5.89 Å². The Labute approximate surface area is 147 Å². The molecule has 0 fully saturated rings. The predicted molar refractivity (Wildman–Crippen MR) is 88.2 cm³/mol. The van der Waals surface area contributed by atoms with Crippen LogP contribution in [0.2, 0.25) is 0 Å². The Morgan fingerprint density at radius 2 is 1.73 bits per heavy atom. The Bertz CT molecular complexity index is 920. The van der Waals surface area contributed by atoms with Crippen molar-refractivity contribution in [1.82, 2.24) is 10.2 Å². The van der Waals surface area contributed by atoms with Crippen molar-refractivity contribution in [1.29, 1.82) is 0 Å². The van der Waals surface area contributed by atoms with Gasteiger partial charge in [-0.1, -0.05) is 12.1 Å². The van der Waals surface area contributed by atoms with Crippen LogP contribution < -0.4 is 5.73 Å². The summed E-state index contributed by atoms with van der Waals surface area (Å²) in [5.74, 6) is -1.06. The van der Waals surface area contributed by atoms with E-state index < -0.39 is 11.9 Å². The van der Waals surface area contributed by atoms with Gasteiger partial charge in [0.05, 0.1) is 6.42 Å². The van der Waals surface area contributed by atoms with E-state index in [0.29, 0.717) is 16.7 Å². The van der Waals surface area contributed by atoms with Crippen molar-refractivity contribution in [2.45, 2.75) is 13.0 Å². The third kappa shape index (κ3) is 4.29. The number of benzene rings is 2. The number of amides is 1. The van der Waals surface area contributed by atoms with Gasteiger partial charge in [-0.3, -0.25) is 9.59 Å². The SMILES string of the molecule is NC(=O)c1ccc(CC(=O)OCc2nnc(-c3ccc(F)cc3)o2)cc1. The van der Waals surface area contributed by atoms with Crippen LogP contribution >= 0.6 is 0 Å². The number of nitrogens with two attached hydrogens (primary N) is 1. The Morgan fingerprint density at radius 3 is 2.38 bits per heavy atom. The number of ether oxygens (including phenoxy) is 1. The fourth-order valence-electron chi connectivity index (χ4n) is 2.17. The summed E-state index contributed by atoms with van der Waals surface area (Å²) < 4.78 is 23.4. The molecule has 0 aliphatic heterocycles. The monoisotopic (exact) mass is 355 g/mol. The number of primary amides is 1. The molecule has 3 rings (SSSR count). The Hall–Kier alpha value is -3.55. The van der Waals surface area contributed by atoms with Crippen molar-refractivity contribution in [3.8, 4) is 11.5 Å². The number of esters is 1. The molecule has 0 radical (unpaired) electrons. The summed E-state index contributed by atoms with van der Waals surface area (Å²) in [6, 6.07) is 11.9. The van der Waals surface area contributed by atoms with Gasteiger partial charge in [0.2, 0.25) is 11.8 Å². The molecular weight excluding hydrogens is 341 g/mol. The molecule has 8 heteroatoms. The first-order valence-corrected chi connectivity index (χ1v) is 7.64. The summed E-state index contributed by atoms with van der Waals surface area (Å²) in [5.41, 5.74) is 6.76. The quantitative estimate of drug-likeness (QED) is 0.680. The smallest absolute Gasteiger partial charge is 0.310 e. The molecule has 7 nitrogen and oxygen atoms in total. The van der Waals surface area contributed by atoms with Crippen molar-refractivity contribution in [3.63, 3.8) is 0 Å². The van der Waals surface area contributed by atoms with E-state index in [1.54, 1.807) is 12.1 Å². The van der Waals surface area contributed by atoms with Gasteiger partial charge in [-0.2, -0.15) is 0 Å². The average molecular weight is 355 g/mol. The highest BCUT2D eigenvalue weighted by Crippen LogP contribution is 2.18. The van der Waals surface area contributed by atoms with E-state index in [1.165, 1.54) is 36.4 Å². The van der Waals surface area contributed by atoms with Gasteiger partial charge in [0, 0.05) is 11.1 Å². The molecule has 3 aromatic rings. The van der Waals surface area contributed by atoms with Crippen molar-refractivity contribution < 1.29 is 23.1 Å². The average Bonchev–Trinajstić information content (AvgIpc) is 3.10. The van der Waals surface area contributed by atoms with Crippen LogP contribution in [-0.4, -0.2) is 22.1 Å². The van der Waals surface area contributed by atoms with Gasteiger partial charge >= 0.3 is 5.97 Å². The number of carbonyl (C=O) groups excluding carboxylic acids is 2. The van der Waals surface area contributed by atoms with E-state index >= 15 is 0 Å². The van der Waals surface area contributed by atoms with Gasteiger partial charge in [0.15, 0.2) is 6.61 Å². The van der Waals surface area contributed by atoms with Gasteiger partial charge in [-0.05, 0) is 42.0 Å². The number of aromatic nitrogens is 2. The van der Waals surface area contributed by atoms with E-state index in [1.807, 2.05) is 0 Å². The van der Waals surface area contributed by atoms with Crippen molar-refractivity contribution in [2.24, 2.45) is 5.73 Å². The van der Waals surface area contributed by atoms with Gasteiger partial charge < -0.3 is 14.9 Å². The first kappa shape index (κ1) is 17.3. The maximum Gasteiger partial charge on any atom is 0.310 e. The first-order valence-electron chi connectivity index (χ1n) is 7.64. The largest absolute Gasteiger partial charge is 0.455 e.